The summed E-state index contributed by atoms with van der Waals surface area (Å²) < 4.78 is 19.5. The summed E-state index contributed by atoms with van der Waals surface area (Å²) in [5.41, 5.74) is 3.05. The average Bonchev–Trinajstić information content (AvgIpc) is 3.42. The first kappa shape index (κ1) is 22.3. The number of imide groups is 1. The van der Waals surface area contributed by atoms with Gasteiger partial charge in [-0.1, -0.05) is 25.1 Å². The van der Waals surface area contributed by atoms with Gasteiger partial charge < -0.3 is 4.90 Å². The average molecular weight is 528 g/mol. The lowest BCUT2D eigenvalue weighted by Gasteiger charge is -2.40. The molecule has 4 aliphatic rings. The monoisotopic (exact) mass is 527 g/mol. The molecule has 1 saturated carbocycles. The molecule has 0 radical (unpaired) electrons. The first-order valence-electron chi connectivity index (χ1n) is 15.0. The van der Waals surface area contributed by atoms with Crippen LogP contribution in [0.4, 0.5) is 5.69 Å². The van der Waals surface area contributed by atoms with Gasteiger partial charge in [-0.3, -0.25) is 29.3 Å². The molecule has 3 aromatic rings. The van der Waals surface area contributed by atoms with Crippen LogP contribution < -0.4 is 10.2 Å². The molecule has 8 heteroatoms. The fraction of sp³-hybridized carbons (Fsp3) is 0.484. The Hall–Kier alpha value is -3.52. The Morgan fingerprint density at radius 3 is 2.62 bits per heavy atom. The van der Waals surface area contributed by atoms with E-state index in [1.165, 1.54) is 0 Å². The molecular formula is C31H35N5O3. The van der Waals surface area contributed by atoms with Gasteiger partial charge >= 0.3 is 0 Å². The molecule has 3 fully saturated rings. The normalized spacial score (nSPS) is 25.0. The van der Waals surface area contributed by atoms with E-state index in [0.717, 1.165) is 47.6 Å². The number of hydrogen-bond donors (Lipinski definition) is 1. The summed E-state index contributed by atoms with van der Waals surface area (Å²) in [6, 6.07) is 8.96. The quantitative estimate of drug-likeness (QED) is 0.490. The predicted molar refractivity (Wildman–Crippen MR) is 149 cm³/mol. The number of hydrogen-bond acceptors (Lipinski definition) is 5. The second-order valence-electron chi connectivity index (χ2n) is 12.2. The molecule has 0 spiro atoms. The molecule has 2 aromatic carbocycles. The lowest BCUT2D eigenvalue weighted by molar-refractivity contribution is -0.134. The Morgan fingerprint density at radius 2 is 1.87 bits per heavy atom. The minimum atomic E-state index is -1.27. The third kappa shape index (κ3) is 4.16. The third-order valence-corrected chi connectivity index (χ3v) is 9.19. The van der Waals surface area contributed by atoms with Crippen molar-refractivity contribution in [3.63, 3.8) is 0 Å². The summed E-state index contributed by atoms with van der Waals surface area (Å²) in [7, 11) is 0. The number of nitrogens with zero attached hydrogens (tertiary/aromatic N) is 4. The maximum atomic E-state index is 13.5. The van der Waals surface area contributed by atoms with Crippen LogP contribution in [-0.4, -0.2) is 58.0 Å². The van der Waals surface area contributed by atoms with Gasteiger partial charge in [-0.05, 0) is 73.1 Å². The number of carbonyl (C=O) groups is 3. The molecule has 1 aromatic heterocycles. The number of likely N-dealkylation sites (tertiary alicyclic amines) is 1. The summed E-state index contributed by atoms with van der Waals surface area (Å²) >= 11 is 0. The van der Waals surface area contributed by atoms with E-state index in [2.05, 4.69) is 30.0 Å². The van der Waals surface area contributed by atoms with Crippen LogP contribution in [-0.2, 0) is 21.5 Å². The zero-order chi connectivity index (χ0) is 28.7. The number of piperidine rings is 2. The van der Waals surface area contributed by atoms with Crippen molar-refractivity contribution in [2.45, 2.75) is 70.4 Å². The molecule has 2 saturated heterocycles. The van der Waals surface area contributed by atoms with E-state index in [1.54, 1.807) is 11.0 Å². The highest BCUT2D eigenvalue weighted by Gasteiger charge is 2.42. The van der Waals surface area contributed by atoms with Crippen molar-refractivity contribution in [1.82, 2.24) is 20.0 Å². The first-order valence-corrected chi connectivity index (χ1v) is 14.0. The highest BCUT2D eigenvalue weighted by molar-refractivity contribution is 6.27. The lowest BCUT2D eigenvalue weighted by Crippen LogP contribution is -2.53. The number of benzene rings is 2. The molecule has 8 nitrogen and oxygen atoms in total. The molecule has 1 N–H and O–H groups in total. The summed E-state index contributed by atoms with van der Waals surface area (Å²) in [5.74, 6) is -0.932. The van der Waals surface area contributed by atoms with E-state index in [-0.39, 0.29) is 29.2 Å². The van der Waals surface area contributed by atoms with Crippen molar-refractivity contribution in [3.8, 4) is 0 Å². The standard InChI is InChI=1S/C31H35N5O3/c1-30(10-11-30)19-34-14-12-31(2,13-15-34)35-18-20(17-32-35)16-21-6-7-24-27-22(21)4-3-5-23(27)29(39)36(24)25-8-9-26(37)33-28(25)38/h3-7,17-18,25H,8-16,19H2,1-2H3,(H,33,37,38)/i19D2. The van der Waals surface area contributed by atoms with Crippen LogP contribution in [0.3, 0.4) is 0 Å². The lowest BCUT2D eigenvalue weighted by atomic mass is 9.89. The van der Waals surface area contributed by atoms with Crippen molar-refractivity contribution in [2.75, 3.05) is 24.5 Å². The Kier molecular flexibility index (Phi) is 5.00. The number of amides is 3. The van der Waals surface area contributed by atoms with Crippen LogP contribution in [0.2, 0.25) is 0 Å². The van der Waals surface area contributed by atoms with Gasteiger partial charge in [0, 0.05) is 52.3 Å². The van der Waals surface area contributed by atoms with Gasteiger partial charge in [0.25, 0.3) is 5.91 Å². The number of rotatable bonds is 6. The SMILES string of the molecule is [2H]C([2H])(N1CCC(C)(n2cc(Cc3ccc4c5c(cccc35)C(=O)N4C3CCC(=O)NC3=O)cn2)CC1)C1(C)CC1. The zero-order valence-electron chi connectivity index (χ0n) is 24.5. The maximum absolute atomic E-state index is 13.5. The van der Waals surface area contributed by atoms with Gasteiger partial charge in [0.1, 0.15) is 6.04 Å². The van der Waals surface area contributed by atoms with Gasteiger partial charge in [-0.2, -0.15) is 5.10 Å². The predicted octanol–water partition coefficient (Wildman–Crippen LogP) is 4.00. The molecule has 202 valence electrons. The van der Waals surface area contributed by atoms with Crippen molar-refractivity contribution >= 4 is 34.2 Å². The Bertz CT molecular complexity index is 1600. The topological polar surface area (TPSA) is 87.5 Å². The highest BCUT2D eigenvalue weighted by atomic mass is 16.2. The van der Waals surface area contributed by atoms with Gasteiger partial charge in [0.05, 0.1) is 17.4 Å². The van der Waals surface area contributed by atoms with E-state index in [0.29, 0.717) is 37.2 Å². The van der Waals surface area contributed by atoms with Crippen molar-refractivity contribution < 1.29 is 17.1 Å². The van der Waals surface area contributed by atoms with Crippen LogP contribution in [0.25, 0.3) is 10.8 Å². The van der Waals surface area contributed by atoms with Gasteiger partial charge in [-0.25, -0.2) is 0 Å². The summed E-state index contributed by atoms with van der Waals surface area (Å²) in [6.07, 6.45) is 8.77. The van der Waals surface area contributed by atoms with Gasteiger partial charge in [-0.15, -0.1) is 0 Å². The van der Waals surface area contributed by atoms with Crippen molar-refractivity contribution in [2.24, 2.45) is 5.41 Å². The number of anilines is 1. The Labute approximate surface area is 231 Å². The molecule has 0 bridgehead atoms. The third-order valence-electron chi connectivity index (χ3n) is 9.19. The maximum Gasteiger partial charge on any atom is 0.259 e. The molecule has 3 amide bonds. The second kappa shape index (κ2) is 8.74. The van der Waals surface area contributed by atoms with Gasteiger partial charge in [0.2, 0.25) is 11.8 Å². The fourth-order valence-corrected chi connectivity index (χ4v) is 6.44. The van der Waals surface area contributed by atoms with E-state index in [1.807, 2.05) is 35.4 Å². The molecule has 1 aliphatic carbocycles. The zero-order valence-corrected chi connectivity index (χ0v) is 22.5. The van der Waals surface area contributed by atoms with E-state index in [9.17, 15) is 14.4 Å². The minimum Gasteiger partial charge on any atom is -0.303 e. The Morgan fingerprint density at radius 1 is 1.08 bits per heavy atom. The van der Waals surface area contributed by atoms with Crippen LogP contribution in [0, 0.1) is 5.41 Å². The van der Waals surface area contributed by atoms with E-state index >= 15 is 0 Å². The van der Waals surface area contributed by atoms with Gasteiger partial charge in [0.15, 0.2) is 0 Å². The first-order chi connectivity index (χ1) is 19.5. The largest absolute Gasteiger partial charge is 0.303 e. The fourth-order valence-electron chi connectivity index (χ4n) is 6.44. The molecule has 7 rings (SSSR count). The smallest absolute Gasteiger partial charge is 0.259 e. The van der Waals surface area contributed by atoms with Crippen LogP contribution in [0.15, 0.2) is 42.7 Å². The van der Waals surface area contributed by atoms with E-state index < -0.39 is 18.4 Å². The Balaban J connectivity index is 1.12. The number of aromatic nitrogens is 2. The van der Waals surface area contributed by atoms with Crippen LogP contribution in [0.1, 0.15) is 76.6 Å². The van der Waals surface area contributed by atoms with Crippen molar-refractivity contribution in [3.05, 3.63) is 59.4 Å². The molecule has 39 heavy (non-hydrogen) atoms. The summed E-state index contributed by atoms with van der Waals surface area (Å²) in [6.45, 7) is 4.42. The van der Waals surface area contributed by atoms with Crippen LogP contribution in [0.5, 0.6) is 0 Å². The second-order valence-corrected chi connectivity index (χ2v) is 12.2. The number of carbonyl (C=O) groups excluding carboxylic acids is 3. The summed E-state index contributed by atoms with van der Waals surface area (Å²) in [4.78, 5) is 41.4. The number of nitrogens with one attached hydrogen (secondary N) is 1. The summed E-state index contributed by atoms with van der Waals surface area (Å²) in [5, 5.41) is 8.96. The molecular weight excluding hydrogens is 490 g/mol. The molecule has 4 heterocycles. The van der Waals surface area contributed by atoms with E-state index in [4.69, 9.17) is 7.84 Å². The molecule has 1 unspecified atom stereocenters. The molecule has 1 atom stereocenters. The molecule has 3 aliphatic heterocycles. The minimum absolute atomic E-state index is 0.174. The highest BCUT2D eigenvalue weighted by Crippen LogP contribution is 2.46. The van der Waals surface area contributed by atoms with Crippen molar-refractivity contribution in [1.29, 1.82) is 0 Å². The van der Waals surface area contributed by atoms with Crippen LogP contribution >= 0.6 is 0 Å².